The Balaban J connectivity index is 1.80. The highest BCUT2D eigenvalue weighted by Gasteiger charge is 2.21. The molecule has 3 N–H and O–H groups in total. The fraction of sp³-hybridized carbons (Fsp3) is 0.556. The number of imide groups is 1. The summed E-state index contributed by atoms with van der Waals surface area (Å²) in [5.74, 6) is 0.371. The normalized spacial score (nSPS) is 15.0. The van der Waals surface area contributed by atoms with Gasteiger partial charge in [0, 0.05) is 18.3 Å². The van der Waals surface area contributed by atoms with Crippen molar-refractivity contribution in [2.45, 2.75) is 52.3 Å². The third-order valence-electron chi connectivity index (χ3n) is 3.68. The maximum atomic E-state index is 12.0. The lowest BCUT2D eigenvalue weighted by molar-refractivity contribution is -0.120. The Hall–Kier alpha value is -2.08. The molecule has 1 aromatic carbocycles. The van der Waals surface area contributed by atoms with Crippen LogP contribution in [0.25, 0.3) is 0 Å². The summed E-state index contributed by atoms with van der Waals surface area (Å²) in [5, 5.41) is 8.05. The van der Waals surface area contributed by atoms with Crippen molar-refractivity contribution in [1.29, 1.82) is 0 Å². The summed E-state index contributed by atoms with van der Waals surface area (Å²) in [6.45, 7) is 6.78. The van der Waals surface area contributed by atoms with Gasteiger partial charge in [-0.05, 0) is 57.2 Å². The van der Waals surface area contributed by atoms with E-state index >= 15 is 0 Å². The zero-order valence-corrected chi connectivity index (χ0v) is 14.6. The van der Waals surface area contributed by atoms with Gasteiger partial charge in [0.25, 0.3) is 0 Å². The first-order valence-corrected chi connectivity index (χ1v) is 8.48. The van der Waals surface area contributed by atoms with Crippen LogP contribution in [0.15, 0.2) is 24.3 Å². The SMILES string of the molecule is CC(C)NC(=O)NC(=O)[C@H](C)Nc1cccc(COCC2CC2)c1. The number of carbonyl (C=O) groups excluding carboxylic acids is 2. The average Bonchev–Trinajstić information content (AvgIpc) is 3.31. The van der Waals surface area contributed by atoms with Gasteiger partial charge in [0.05, 0.1) is 6.61 Å². The maximum Gasteiger partial charge on any atom is 0.321 e. The molecule has 1 aliphatic carbocycles. The molecule has 0 aromatic heterocycles. The van der Waals surface area contributed by atoms with Crippen LogP contribution in [-0.2, 0) is 16.1 Å². The lowest BCUT2D eigenvalue weighted by Crippen LogP contribution is -2.47. The maximum absolute atomic E-state index is 12.0. The highest BCUT2D eigenvalue weighted by Crippen LogP contribution is 2.29. The molecule has 0 spiro atoms. The monoisotopic (exact) mass is 333 g/mol. The van der Waals surface area contributed by atoms with Crippen molar-refractivity contribution >= 4 is 17.6 Å². The number of hydrogen-bond acceptors (Lipinski definition) is 4. The predicted octanol–water partition coefficient (Wildman–Crippen LogP) is 2.65. The molecule has 0 heterocycles. The molecule has 1 atom stereocenters. The molecule has 3 amide bonds. The van der Waals surface area contributed by atoms with Gasteiger partial charge in [-0.3, -0.25) is 10.1 Å². The largest absolute Gasteiger partial charge is 0.376 e. The van der Waals surface area contributed by atoms with Crippen LogP contribution >= 0.6 is 0 Å². The van der Waals surface area contributed by atoms with Crippen LogP contribution in [0.1, 0.15) is 39.2 Å². The van der Waals surface area contributed by atoms with E-state index in [1.165, 1.54) is 12.8 Å². The van der Waals surface area contributed by atoms with Gasteiger partial charge < -0.3 is 15.4 Å². The van der Waals surface area contributed by atoms with Gasteiger partial charge in [0.1, 0.15) is 6.04 Å². The average molecular weight is 333 g/mol. The lowest BCUT2D eigenvalue weighted by Gasteiger charge is -2.16. The van der Waals surface area contributed by atoms with Crippen molar-refractivity contribution in [3.63, 3.8) is 0 Å². The van der Waals surface area contributed by atoms with E-state index in [4.69, 9.17) is 4.74 Å². The number of anilines is 1. The molecule has 6 heteroatoms. The number of amides is 3. The third kappa shape index (κ3) is 6.58. The van der Waals surface area contributed by atoms with E-state index < -0.39 is 12.1 Å². The number of hydrogen-bond donors (Lipinski definition) is 3. The summed E-state index contributed by atoms with van der Waals surface area (Å²) in [5.41, 5.74) is 1.89. The quantitative estimate of drug-likeness (QED) is 0.683. The minimum atomic E-state index is -0.523. The minimum absolute atomic E-state index is 0.0200. The van der Waals surface area contributed by atoms with E-state index in [0.717, 1.165) is 23.8 Å². The van der Waals surface area contributed by atoms with Gasteiger partial charge in [-0.1, -0.05) is 12.1 Å². The topological polar surface area (TPSA) is 79.5 Å². The highest BCUT2D eigenvalue weighted by atomic mass is 16.5. The van der Waals surface area contributed by atoms with Gasteiger partial charge in [-0.25, -0.2) is 4.79 Å². The Labute approximate surface area is 143 Å². The Bertz CT molecular complexity index is 570. The molecule has 1 saturated carbocycles. The van der Waals surface area contributed by atoms with E-state index in [1.807, 2.05) is 38.1 Å². The second-order valence-electron chi connectivity index (χ2n) is 6.64. The molecule has 0 bridgehead atoms. The van der Waals surface area contributed by atoms with Crippen molar-refractivity contribution in [2.75, 3.05) is 11.9 Å². The molecule has 0 saturated heterocycles. The second kappa shape index (κ2) is 8.68. The van der Waals surface area contributed by atoms with E-state index in [2.05, 4.69) is 16.0 Å². The Morgan fingerprint density at radius 2 is 2.00 bits per heavy atom. The van der Waals surface area contributed by atoms with Crippen LogP contribution in [0.3, 0.4) is 0 Å². The molecule has 132 valence electrons. The molecule has 1 aliphatic rings. The molecule has 1 aromatic rings. The minimum Gasteiger partial charge on any atom is -0.376 e. The number of benzene rings is 1. The summed E-state index contributed by atoms with van der Waals surface area (Å²) >= 11 is 0. The molecule has 0 aliphatic heterocycles. The van der Waals surface area contributed by atoms with Crippen LogP contribution in [0, 0.1) is 5.92 Å². The van der Waals surface area contributed by atoms with Crippen molar-refractivity contribution < 1.29 is 14.3 Å². The molecular formula is C18H27N3O3. The molecule has 6 nitrogen and oxygen atoms in total. The van der Waals surface area contributed by atoms with Crippen LogP contribution in [-0.4, -0.2) is 30.6 Å². The third-order valence-corrected chi connectivity index (χ3v) is 3.68. The molecule has 0 unspecified atom stereocenters. The van der Waals surface area contributed by atoms with E-state index in [1.54, 1.807) is 6.92 Å². The van der Waals surface area contributed by atoms with E-state index in [0.29, 0.717) is 6.61 Å². The second-order valence-corrected chi connectivity index (χ2v) is 6.64. The van der Waals surface area contributed by atoms with Crippen molar-refractivity contribution in [2.24, 2.45) is 5.92 Å². The molecule has 1 fully saturated rings. The summed E-state index contributed by atoms with van der Waals surface area (Å²) in [6.07, 6.45) is 2.55. The van der Waals surface area contributed by atoms with E-state index in [-0.39, 0.29) is 11.9 Å². The number of carbonyl (C=O) groups is 2. The summed E-state index contributed by atoms with van der Waals surface area (Å²) < 4.78 is 5.68. The predicted molar refractivity (Wildman–Crippen MR) is 93.7 cm³/mol. The summed E-state index contributed by atoms with van der Waals surface area (Å²) in [4.78, 5) is 23.6. The lowest BCUT2D eigenvalue weighted by atomic mass is 10.2. The smallest absolute Gasteiger partial charge is 0.321 e. The Morgan fingerprint density at radius 1 is 1.25 bits per heavy atom. The van der Waals surface area contributed by atoms with Crippen LogP contribution in [0.4, 0.5) is 10.5 Å². The van der Waals surface area contributed by atoms with Crippen molar-refractivity contribution in [3.8, 4) is 0 Å². The van der Waals surface area contributed by atoms with Crippen molar-refractivity contribution in [3.05, 3.63) is 29.8 Å². The van der Waals surface area contributed by atoms with Crippen LogP contribution < -0.4 is 16.0 Å². The first-order chi connectivity index (χ1) is 11.4. The number of ether oxygens (including phenoxy) is 1. The zero-order valence-electron chi connectivity index (χ0n) is 14.6. The molecule has 2 rings (SSSR count). The standard InChI is InChI=1S/C18H27N3O3/c1-12(2)19-18(23)21-17(22)13(3)20-16-6-4-5-15(9-16)11-24-10-14-7-8-14/h4-6,9,12-14,20H,7-8,10-11H2,1-3H3,(H2,19,21,22,23)/t13-/m0/s1. The van der Waals surface area contributed by atoms with Gasteiger partial charge >= 0.3 is 6.03 Å². The molecule has 24 heavy (non-hydrogen) atoms. The zero-order chi connectivity index (χ0) is 17.5. The number of urea groups is 1. The Morgan fingerprint density at radius 3 is 2.67 bits per heavy atom. The van der Waals surface area contributed by atoms with Gasteiger partial charge in [-0.15, -0.1) is 0 Å². The first kappa shape index (κ1) is 18.3. The fourth-order valence-electron chi connectivity index (χ4n) is 2.21. The molecular weight excluding hydrogens is 306 g/mol. The van der Waals surface area contributed by atoms with Gasteiger partial charge in [-0.2, -0.15) is 0 Å². The number of rotatable bonds is 8. The van der Waals surface area contributed by atoms with Gasteiger partial charge in [0.2, 0.25) is 5.91 Å². The van der Waals surface area contributed by atoms with Crippen molar-refractivity contribution in [1.82, 2.24) is 10.6 Å². The van der Waals surface area contributed by atoms with Crippen LogP contribution in [0.2, 0.25) is 0 Å². The van der Waals surface area contributed by atoms with Crippen LogP contribution in [0.5, 0.6) is 0 Å². The molecule has 0 radical (unpaired) electrons. The van der Waals surface area contributed by atoms with E-state index in [9.17, 15) is 9.59 Å². The highest BCUT2D eigenvalue weighted by molar-refractivity contribution is 5.98. The first-order valence-electron chi connectivity index (χ1n) is 8.48. The fourth-order valence-corrected chi connectivity index (χ4v) is 2.21. The Kier molecular flexibility index (Phi) is 6.61. The van der Waals surface area contributed by atoms with Gasteiger partial charge in [0.15, 0.2) is 0 Å². The summed E-state index contributed by atoms with van der Waals surface area (Å²) in [7, 11) is 0. The number of nitrogens with one attached hydrogen (secondary N) is 3. The summed E-state index contributed by atoms with van der Waals surface area (Å²) in [6, 6.07) is 6.75.